The zero-order valence-corrected chi connectivity index (χ0v) is 17.1. The zero-order chi connectivity index (χ0) is 18.8. The van der Waals surface area contributed by atoms with Gasteiger partial charge in [0.25, 0.3) is 0 Å². The van der Waals surface area contributed by atoms with Crippen LogP contribution in [0.4, 0.5) is 4.79 Å². The average molecular weight is 437 g/mol. The molecule has 2 aromatic carbocycles. The predicted octanol–water partition coefficient (Wildman–Crippen LogP) is 4.45. The number of nitrogens with zero attached hydrogens (tertiary/aromatic N) is 2. The van der Waals surface area contributed by atoms with Crippen molar-refractivity contribution in [2.24, 2.45) is 5.10 Å². The SMILES string of the molecule is CNC(=O)N1N=C(c2ccc(Cl)cc2)c2cc(OC)c(Br)cc2CC1C. The van der Waals surface area contributed by atoms with E-state index in [1.807, 2.05) is 43.3 Å². The topological polar surface area (TPSA) is 53.9 Å². The number of amides is 2. The number of hydrogen-bond acceptors (Lipinski definition) is 3. The van der Waals surface area contributed by atoms with Crippen molar-refractivity contribution in [2.45, 2.75) is 19.4 Å². The van der Waals surface area contributed by atoms with Gasteiger partial charge in [0.15, 0.2) is 0 Å². The van der Waals surface area contributed by atoms with E-state index in [2.05, 4.69) is 21.2 Å². The molecule has 7 heteroatoms. The number of benzene rings is 2. The van der Waals surface area contributed by atoms with Gasteiger partial charge in [0.05, 0.1) is 23.3 Å². The Morgan fingerprint density at radius 1 is 1.35 bits per heavy atom. The number of halogens is 2. The summed E-state index contributed by atoms with van der Waals surface area (Å²) in [6.07, 6.45) is 0.673. The second-order valence-corrected chi connectivity index (χ2v) is 7.34. The molecular weight excluding hydrogens is 418 g/mol. The van der Waals surface area contributed by atoms with Crippen molar-refractivity contribution in [3.63, 3.8) is 0 Å². The summed E-state index contributed by atoms with van der Waals surface area (Å²) in [7, 11) is 3.23. The van der Waals surface area contributed by atoms with Gasteiger partial charge in [-0.15, -0.1) is 0 Å². The molecule has 1 N–H and O–H groups in total. The molecule has 0 fully saturated rings. The van der Waals surface area contributed by atoms with Crippen molar-refractivity contribution >= 4 is 39.3 Å². The summed E-state index contributed by atoms with van der Waals surface area (Å²) in [5.74, 6) is 0.714. The maximum Gasteiger partial charge on any atom is 0.337 e. The van der Waals surface area contributed by atoms with Gasteiger partial charge in [0.1, 0.15) is 5.75 Å². The Labute approximate surface area is 166 Å². The van der Waals surface area contributed by atoms with Crippen molar-refractivity contribution in [1.82, 2.24) is 10.3 Å². The Hall–Kier alpha value is -2.05. The Bertz CT molecular complexity index is 868. The fourth-order valence-electron chi connectivity index (χ4n) is 2.99. The third kappa shape index (κ3) is 3.57. The van der Waals surface area contributed by atoms with Crippen LogP contribution < -0.4 is 10.1 Å². The molecule has 0 bridgehead atoms. The number of carbonyl (C=O) groups is 1. The number of carbonyl (C=O) groups excluding carboxylic acids is 1. The van der Waals surface area contributed by atoms with Crippen LogP contribution in [0.3, 0.4) is 0 Å². The number of methoxy groups -OCH3 is 1. The van der Waals surface area contributed by atoms with Gasteiger partial charge in [-0.05, 0) is 59.1 Å². The Kier molecular flexibility index (Phi) is 5.53. The summed E-state index contributed by atoms with van der Waals surface area (Å²) in [6, 6.07) is 11.1. The molecule has 0 saturated heterocycles. The third-order valence-corrected chi connectivity index (χ3v) is 5.18. The molecule has 2 aromatic rings. The fourth-order valence-corrected chi connectivity index (χ4v) is 3.66. The Morgan fingerprint density at radius 3 is 2.65 bits per heavy atom. The van der Waals surface area contributed by atoms with Crippen molar-refractivity contribution in [3.8, 4) is 5.75 Å². The van der Waals surface area contributed by atoms with Gasteiger partial charge >= 0.3 is 6.03 Å². The maximum absolute atomic E-state index is 12.4. The molecule has 5 nitrogen and oxygen atoms in total. The number of fused-ring (bicyclic) bond motifs is 1. The number of hydrazone groups is 1. The van der Waals surface area contributed by atoms with Gasteiger partial charge in [-0.1, -0.05) is 23.7 Å². The van der Waals surface area contributed by atoms with Crippen molar-refractivity contribution in [1.29, 1.82) is 0 Å². The van der Waals surface area contributed by atoms with E-state index in [-0.39, 0.29) is 12.1 Å². The van der Waals surface area contributed by atoms with Crippen LogP contribution in [0.2, 0.25) is 5.02 Å². The molecule has 0 saturated carbocycles. The summed E-state index contributed by atoms with van der Waals surface area (Å²) in [4.78, 5) is 12.4. The molecule has 0 aliphatic carbocycles. The van der Waals surface area contributed by atoms with E-state index in [0.29, 0.717) is 22.9 Å². The summed E-state index contributed by atoms with van der Waals surface area (Å²) in [6.45, 7) is 1.98. The lowest BCUT2D eigenvalue weighted by atomic mass is 9.94. The summed E-state index contributed by atoms with van der Waals surface area (Å²) < 4.78 is 6.33. The molecule has 1 unspecified atom stereocenters. The quantitative estimate of drug-likeness (QED) is 0.756. The first-order valence-corrected chi connectivity index (χ1v) is 9.34. The molecule has 0 radical (unpaired) electrons. The van der Waals surface area contributed by atoms with E-state index in [4.69, 9.17) is 21.4 Å². The molecule has 1 aliphatic rings. The van der Waals surface area contributed by atoms with Gasteiger partial charge < -0.3 is 10.1 Å². The van der Waals surface area contributed by atoms with Crippen LogP contribution in [0.1, 0.15) is 23.6 Å². The lowest BCUT2D eigenvalue weighted by Gasteiger charge is -2.22. The Balaban J connectivity index is 2.23. The molecule has 1 atom stereocenters. The van der Waals surface area contributed by atoms with Crippen molar-refractivity contribution < 1.29 is 9.53 Å². The molecule has 26 heavy (non-hydrogen) atoms. The first-order chi connectivity index (χ1) is 12.4. The predicted molar refractivity (Wildman–Crippen MR) is 107 cm³/mol. The average Bonchev–Trinajstić information content (AvgIpc) is 2.77. The van der Waals surface area contributed by atoms with Crippen LogP contribution in [0, 0.1) is 0 Å². The molecule has 1 heterocycles. The number of urea groups is 1. The Morgan fingerprint density at radius 2 is 2.04 bits per heavy atom. The normalized spacial score (nSPS) is 16.4. The highest BCUT2D eigenvalue weighted by molar-refractivity contribution is 9.10. The minimum absolute atomic E-state index is 0.0983. The third-order valence-electron chi connectivity index (χ3n) is 4.31. The highest BCUT2D eigenvalue weighted by atomic mass is 79.9. The summed E-state index contributed by atoms with van der Waals surface area (Å²) in [5, 5.41) is 9.49. The van der Waals surface area contributed by atoms with Crippen LogP contribution in [-0.2, 0) is 6.42 Å². The van der Waals surface area contributed by atoms with E-state index in [1.54, 1.807) is 14.2 Å². The van der Waals surface area contributed by atoms with Crippen molar-refractivity contribution in [3.05, 3.63) is 62.6 Å². The molecule has 2 amide bonds. The van der Waals surface area contributed by atoms with Gasteiger partial charge in [-0.3, -0.25) is 0 Å². The van der Waals surface area contributed by atoms with E-state index in [9.17, 15) is 4.79 Å². The van der Waals surface area contributed by atoms with E-state index in [0.717, 1.165) is 21.2 Å². The van der Waals surface area contributed by atoms with E-state index in [1.165, 1.54) is 5.01 Å². The van der Waals surface area contributed by atoms with Crippen LogP contribution >= 0.6 is 27.5 Å². The van der Waals surface area contributed by atoms with Crippen LogP contribution in [0.25, 0.3) is 0 Å². The minimum atomic E-state index is -0.247. The molecule has 0 aromatic heterocycles. The number of rotatable bonds is 2. The largest absolute Gasteiger partial charge is 0.496 e. The molecule has 0 spiro atoms. The molecule has 3 rings (SSSR count). The maximum atomic E-state index is 12.4. The van der Waals surface area contributed by atoms with Crippen LogP contribution in [-0.4, -0.2) is 37.0 Å². The highest BCUT2D eigenvalue weighted by Crippen LogP contribution is 2.33. The van der Waals surface area contributed by atoms with Gasteiger partial charge in [-0.25, -0.2) is 9.80 Å². The molecule has 136 valence electrons. The van der Waals surface area contributed by atoms with E-state index < -0.39 is 0 Å². The summed E-state index contributed by atoms with van der Waals surface area (Å²) >= 11 is 9.58. The highest BCUT2D eigenvalue weighted by Gasteiger charge is 2.27. The van der Waals surface area contributed by atoms with Crippen LogP contribution in [0.15, 0.2) is 46.0 Å². The zero-order valence-electron chi connectivity index (χ0n) is 14.7. The standard InChI is InChI=1S/C19H19BrClN3O2/c1-11-8-13-9-16(20)17(26-3)10-15(13)18(23-24(11)19(25)22-2)12-4-6-14(21)7-5-12/h4-7,9-11H,8H2,1-3H3,(H,22,25). The number of hydrogen-bond donors (Lipinski definition) is 1. The van der Waals surface area contributed by atoms with Crippen LogP contribution in [0.5, 0.6) is 5.75 Å². The minimum Gasteiger partial charge on any atom is -0.496 e. The second-order valence-electron chi connectivity index (χ2n) is 6.05. The number of nitrogens with one attached hydrogen (secondary N) is 1. The smallest absolute Gasteiger partial charge is 0.337 e. The van der Waals surface area contributed by atoms with E-state index >= 15 is 0 Å². The van der Waals surface area contributed by atoms with Crippen molar-refractivity contribution in [2.75, 3.05) is 14.2 Å². The van der Waals surface area contributed by atoms with Gasteiger partial charge in [0.2, 0.25) is 0 Å². The second kappa shape index (κ2) is 7.68. The fraction of sp³-hybridized carbons (Fsp3) is 0.263. The molecular formula is C19H19BrClN3O2. The first-order valence-electron chi connectivity index (χ1n) is 8.17. The molecule has 1 aliphatic heterocycles. The lowest BCUT2D eigenvalue weighted by molar-refractivity contribution is 0.184. The lowest BCUT2D eigenvalue weighted by Crippen LogP contribution is -2.41. The first kappa shape index (κ1) is 18.7. The monoisotopic (exact) mass is 435 g/mol. The van der Waals surface area contributed by atoms with Gasteiger partial charge in [-0.2, -0.15) is 5.10 Å². The number of ether oxygens (including phenoxy) is 1. The van der Waals surface area contributed by atoms with Gasteiger partial charge in [0, 0.05) is 23.2 Å². The summed E-state index contributed by atoms with van der Waals surface area (Å²) in [5.41, 5.74) is 3.61.